The quantitative estimate of drug-likeness (QED) is 0.140. The van der Waals surface area contributed by atoms with Crippen molar-refractivity contribution in [2.75, 3.05) is 20.7 Å². The van der Waals surface area contributed by atoms with E-state index in [0.717, 1.165) is 5.01 Å². The van der Waals surface area contributed by atoms with E-state index in [4.69, 9.17) is 10.6 Å². The largest absolute Gasteiger partial charge is 0.479 e. The monoisotopic (exact) mass is 315 g/mol. The van der Waals surface area contributed by atoms with Crippen LogP contribution >= 0.6 is 0 Å². The van der Waals surface area contributed by atoms with Crippen LogP contribution in [0.2, 0.25) is 0 Å². The van der Waals surface area contributed by atoms with Crippen LogP contribution < -0.4 is 22.0 Å². The zero-order chi connectivity index (χ0) is 16.7. The normalized spacial score (nSPS) is 21.3. The molecule has 0 radical (unpaired) electrons. The lowest BCUT2D eigenvalue weighted by atomic mass is 10.1. The summed E-state index contributed by atoms with van der Waals surface area (Å²) in [6.45, 7) is 5.17. The lowest BCUT2D eigenvalue weighted by Gasteiger charge is -2.29. The van der Waals surface area contributed by atoms with Crippen LogP contribution in [-0.2, 0) is 4.74 Å². The van der Waals surface area contributed by atoms with E-state index >= 15 is 0 Å². The number of hydrazone groups is 1. The first-order valence-corrected chi connectivity index (χ1v) is 6.53. The summed E-state index contributed by atoms with van der Waals surface area (Å²) in [5.41, 5.74) is 5.24. The minimum atomic E-state index is -1.45. The first kappa shape index (κ1) is 17.7. The van der Waals surface area contributed by atoms with E-state index in [9.17, 15) is 9.18 Å². The van der Waals surface area contributed by atoms with E-state index in [1.165, 1.54) is 24.5 Å². The smallest absolute Gasteiger partial charge is 0.335 e. The molecule has 10 heteroatoms. The third kappa shape index (κ3) is 5.22. The summed E-state index contributed by atoms with van der Waals surface area (Å²) >= 11 is 0. The van der Waals surface area contributed by atoms with Crippen LogP contribution in [0, 0.1) is 5.92 Å². The van der Waals surface area contributed by atoms with Crippen molar-refractivity contribution in [2.45, 2.75) is 13.2 Å². The molecule has 0 fully saturated rings. The van der Waals surface area contributed by atoms with Gasteiger partial charge in [-0.2, -0.15) is 0 Å². The van der Waals surface area contributed by atoms with Crippen molar-refractivity contribution in [1.29, 1.82) is 0 Å². The van der Waals surface area contributed by atoms with Crippen LogP contribution in [0.5, 0.6) is 0 Å². The number of alkyl halides is 1. The molecule has 2 atom stereocenters. The van der Waals surface area contributed by atoms with Crippen LogP contribution in [0.3, 0.4) is 0 Å². The molecule has 0 spiro atoms. The first-order chi connectivity index (χ1) is 10.3. The van der Waals surface area contributed by atoms with E-state index in [-0.39, 0.29) is 6.61 Å². The number of hydrogen-bond donors (Lipinski definition) is 4. The number of amides is 2. The molecule has 5 N–H and O–H groups in total. The maximum atomic E-state index is 14.0. The number of rotatable bonds is 5. The Labute approximate surface area is 128 Å². The summed E-state index contributed by atoms with van der Waals surface area (Å²) < 4.78 is 19.4. The highest BCUT2D eigenvalue weighted by molar-refractivity contribution is 5.75. The zero-order valence-corrected chi connectivity index (χ0v) is 12.8. The summed E-state index contributed by atoms with van der Waals surface area (Å²) in [5.74, 6) is 4.93. The molecule has 9 nitrogen and oxygen atoms in total. The third-order valence-corrected chi connectivity index (χ3v) is 2.81. The van der Waals surface area contributed by atoms with Gasteiger partial charge in [0.2, 0.25) is 5.90 Å². The van der Waals surface area contributed by atoms with Gasteiger partial charge in [0.25, 0.3) is 0 Å². The summed E-state index contributed by atoms with van der Waals surface area (Å²) in [6, 6.07) is -0.566. The van der Waals surface area contributed by atoms with Crippen LogP contribution in [0.1, 0.15) is 6.92 Å². The minimum Gasteiger partial charge on any atom is -0.479 e. The zero-order valence-electron chi connectivity index (χ0n) is 12.8. The summed E-state index contributed by atoms with van der Waals surface area (Å²) in [5, 5.41) is 8.87. The molecule has 0 saturated carbocycles. The molecule has 1 heterocycles. The molecule has 1 aliphatic rings. The van der Waals surface area contributed by atoms with Gasteiger partial charge in [0, 0.05) is 39.1 Å². The van der Waals surface area contributed by atoms with Crippen LogP contribution in [0.15, 0.2) is 29.8 Å². The van der Waals surface area contributed by atoms with Gasteiger partial charge in [-0.1, -0.05) is 6.58 Å². The van der Waals surface area contributed by atoms with Crippen molar-refractivity contribution in [2.24, 2.45) is 16.9 Å². The molecule has 1 rings (SSSR count). The number of ether oxygens (including phenoxy) is 1. The summed E-state index contributed by atoms with van der Waals surface area (Å²) in [4.78, 5) is 11.6. The number of urea groups is 1. The Balaban J connectivity index is 2.69. The predicted octanol–water partition coefficient (Wildman–Crippen LogP) is -0.212. The summed E-state index contributed by atoms with van der Waals surface area (Å²) in [7, 11) is 3.07. The average molecular weight is 315 g/mol. The van der Waals surface area contributed by atoms with Crippen molar-refractivity contribution in [1.82, 2.24) is 26.2 Å². The van der Waals surface area contributed by atoms with Crippen molar-refractivity contribution < 1.29 is 13.9 Å². The molecule has 124 valence electrons. The topological polar surface area (TPSA) is 107 Å². The number of nitrogens with two attached hydrogens (primary N) is 1. The molecular weight excluding hydrogens is 293 g/mol. The highest BCUT2D eigenvalue weighted by Gasteiger charge is 2.30. The molecule has 0 saturated heterocycles. The van der Waals surface area contributed by atoms with Gasteiger partial charge in [0.15, 0.2) is 6.30 Å². The molecular formula is C12H22FN7O2. The van der Waals surface area contributed by atoms with E-state index in [1.807, 2.05) is 0 Å². The lowest BCUT2D eigenvalue weighted by Crippen LogP contribution is -2.51. The van der Waals surface area contributed by atoms with Gasteiger partial charge >= 0.3 is 6.03 Å². The number of nitrogens with zero attached hydrogens (tertiary/aromatic N) is 3. The standard InChI is InChI=1S/C12H22FN7O2/c1-5-19(3)18-8(2)22-7-9-10(6-15-17-11(9)13)16-12(21)20(4)14/h5-6,9,11,15,17H,1,7,14H2,2-4H3,(H,16,21)/b18-8+. The number of halogens is 1. The van der Waals surface area contributed by atoms with Gasteiger partial charge in [-0.25, -0.2) is 20.5 Å². The Hall–Kier alpha value is -2.33. The molecule has 2 unspecified atom stereocenters. The fourth-order valence-corrected chi connectivity index (χ4v) is 1.58. The molecule has 0 aromatic rings. The Morgan fingerprint density at radius 3 is 2.95 bits per heavy atom. The van der Waals surface area contributed by atoms with Gasteiger partial charge in [-0.15, -0.1) is 5.10 Å². The maximum absolute atomic E-state index is 14.0. The highest BCUT2D eigenvalue weighted by atomic mass is 19.1. The fourth-order valence-electron chi connectivity index (χ4n) is 1.58. The maximum Gasteiger partial charge on any atom is 0.335 e. The highest BCUT2D eigenvalue weighted by Crippen LogP contribution is 2.17. The van der Waals surface area contributed by atoms with Crippen molar-refractivity contribution >= 4 is 11.9 Å². The first-order valence-electron chi connectivity index (χ1n) is 6.53. The predicted molar refractivity (Wildman–Crippen MR) is 80.2 cm³/mol. The van der Waals surface area contributed by atoms with E-state index in [2.05, 4.69) is 27.8 Å². The Morgan fingerprint density at radius 1 is 1.68 bits per heavy atom. The molecule has 22 heavy (non-hydrogen) atoms. The van der Waals surface area contributed by atoms with Crippen molar-refractivity contribution in [3.8, 4) is 0 Å². The van der Waals surface area contributed by atoms with Crippen molar-refractivity contribution in [3.05, 3.63) is 24.7 Å². The number of carbonyl (C=O) groups excluding carboxylic acids is 1. The number of hydrogen-bond acceptors (Lipinski definition) is 7. The van der Waals surface area contributed by atoms with E-state index < -0.39 is 18.2 Å². The Kier molecular flexibility index (Phi) is 6.60. The minimum absolute atomic E-state index is 0.0173. The van der Waals surface area contributed by atoms with Gasteiger partial charge < -0.3 is 15.5 Å². The molecule has 2 amide bonds. The van der Waals surface area contributed by atoms with Gasteiger partial charge in [-0.3, -0.25) is 10.0 Å². The average Bonchev–Trinajstić information content (AvgIpc) is 2.46. The van der Waals surface area contributed by atoms with E-state index in [0.29, 0.717) is 11.6 Å². The molecule has 0 aromatic carbocycles. The second-order valence-electron chi connectivity index (χ2n) is 4.62. The number of hydrazine groups is 2. The third-order valence-electron chi connectivity index (χ3n) is 2.81. The Morgan fingerprint density at radius 2 is 2.36 bits per heavy atom. The van der Waals surface area contributed by atoms with Crippen LogP contribution in [0.25, 0.3) is 0 Å². The van der Waals surface area contributed by atoms with Crippen molar-refractivity contribution in [3.63, 3.8) is 0 Å². The van der Waals surface area contributed by atoms with Gasteiger partial charge in [-0.05, 0) is 0 Å². The summed E-state index contributed by atoms with van der Waals surface area (Å²) in [6.07, 6.45) is 1.49. The van der Waals surface area contributed by atoms with Crippen LogP contribution in [-0.4, -0.2) is 48.9 Å². The molecule has 0 aromatic heterocycles. The molecule has 0 bridgehead atoms. The molecule has 1 aliphatic heterocycles. The van der Waals surface area contributed by atoms with Gasteiger partial charge in [0.1, 0.15) is 6.61 Å². The molecule has 0 aliphatic carbocycles. The fraction of sp³-hybridized carbons (Fsp3) is 0.500. The Bertz CT molecular complexity index is 466. The second-order valence-corrected chi connectivity index (χ2v) is 4.62. The number of nitrogens with one attached hydrogen (secondary N) is 3. The van der Waals surface area contributed by atoms with E-state index in [1.54, 1.807) is 14.0 Å². The second kappa shape index (κ2) is 8.20. The van der Waals surface area contributed by atoms with Crippen LogP contribution in [0.4, 0.5) is 9.18 Å². The SMILES string of the molecule is C=CN(C)/N=C(\C)OCC1C(NC(=O)N(C)N)=CNNC1F. The van der Waals surface area contributed by atoms with Gasteiger partial charge in [0.05, 0.1) is 5.92 Å². The lowest BCUT2D eigenvalue weighted by molar-refractivity contribution is 0.116. The number of carbonyl (C=O) groups is 1.